The van der Waals surface area contributed by atoms with E-state index in [1.165, 1.54) is 10.6 Å². The van der Waals surface area contributed by atoms with Gasteiger partial charge >= 0.3 is 5.97 Å². The molecule has 0 saturated carbocycles. The van der Waals surface area contributed by atoms with Crippen molar-refractivity contribution in [2.24, 2.45) is 5.41 Å². The highest BCUT2D eigenvalue weighted by Gasteiger charge is 2.17. The zero-order valence-corrected chi connectivity index (χ0v) is 11.1. The van der Waals surface area contributed by atoms with E-state index in [9.17, 15) is 9.59 Å². The number of rotatable bonds is 6. The molecule has 0 saturated heterocycles. The second kappa shape index (κ2) is 5.71. The number of carboxylic acid groups (broad SMARTS) is 1. The number of amides is 1. The van der Waals surface area contributed by atoms with Crippen molar-refractivity contribution < 1.29 is 14.7 Å². The number of nitrogens with one attached hydrogen (secondary N) is 1. The van der Waals surface area contributed by atoms with Gasteiger partial charge in [0.1, 0.15) is 12.2 Å². The molecule has 5 nitrogen and oxygen atoms in total. The molecule has 0 aliphatic heterocycles. The molecule has 0 atom stereocenters. The molecule has 0 bridgehead atoms. The minimum atomic E-state index is -1.03. The van der Waals surface area contributed by atoms with Crippen molar-refractivity contribution in [1.82, 2.24) is 9.88 Å². The van der Waals surface area contributed by atoms with Crippen LogP contribution < -0.4 is 5.32 Å². The zero-order valence-electron chi connectivity index (χ0n) is 11.1. The molecule has 0 fully saturated rings. The number of hydrogen-bond acceptors (Lipinski definition) is 2. The van der Waals surface area contributed by atoms with E-state index in [0.717, 1.165) is 6.42 Å². The van der Waals surface area contributed by atoms with Crippen molar-refractivity contribution in [3.05, 3.63) is 24.0 Å². The molecule has 0 aliphatic rings. The highest BCUT2D eigenvalue weighted by atomic mass is 16.4. The zero-order chi connectivity index (χ0) is 13.8. The van der Waals surface area contributed by atoms with E-state index >= 15 is 0 Å². The SMILES string of the molecule is CCC(C)(C)CNC(=O)Cn1cccc1C(=O)O. The highest BCUT2D eigenvalue weighted by Crippen LogP contribution is 2.17. The van der Waals surface area contributed by atoms with Crippen LogP contribution >= 0.6 is 0 Å². The fourth-order valence-corrected chi connectivity index (χ4v) is 1.42. The van der Waals surface area contributed by atoms with Gasteiger partial charge in [-0.15, -0.1) is 0 Å². The van der Waals surface area contributed by atoms with E-state index in [1.807, 2.05) is 0 Å². The molecule has 1 amide bonds. The Morgan fingerprint density at radius 2 is 2.11 bits per heavy atom. The summed E-state index contributed by atoms with van der Waals surface area (Å²) in [4.78, 5) is 22.6. The Hall–Kier alpha value is -1.78. The molecule has 1 aromatic rings. The predicted molar refractivity (Wildman–Crippen MR) is 68.5 cm³/mol. The van der Waals surface area contributed by atoms with Crippen molar-refractivity contribution in [3.63, 3.8) is 0 Å². The molecule has 100 valence electrons. The topological polar surface area (TPSA) is 71.3 Å². The summed E-state index contributed by atoms with van der Waals surface area (Å²) < 4.78 is 1.43. The maximum Gasteiger partial charge on any atom is 0.352 e. The molecular formula is C13H20N2O3. The quantitative estimate of drug-likeness (QED) is 0.810. The molecular weight excluding hydrogens is 232 g/mol. The monoisotopic (exact) mass is 252 g/mol. The number of aromatic nitrogens is 1. The van der Waals surface area contributed by atoms with Crippen LogP contribution in [-0.2, 0) is 11.3 Å². The molecule has 0 unspecified atom stereocenters. The van der Waals surface area contributed by atoms with E-state index in [2.05, 4.69) is 26.1 Å². The molecule has 0 spiro atoms. The summed E-state index contributed by atoms with van der Waals surface area (Å²) in [6, 6.07) is 3.10. The van der Waals surface area contributed by atoms with Crippen molar-refractivity contribution in [1.29, 1.82) is 0 Å². The molecule has 1 rings (SSSR count). The first-order valence-electron chi connectivity index (χ1n) is 6.01. The van der Waals surface area contributed by atoms with Crippen LogP contribution in [0.15, 0.2) is 18.3 Å². The van der Waals surface area contributed by atoms with Crippen molar-refractivity contribution in [2.45, 2.75) is 33.7 Å². The Bertz CT molecular complexity index is 435. The van der Waals surface area contributed by atoms with Crippen LogP contribution in [0, 0.1) is 5.41 Å². The number of nitrogens with zero attached hydrogens (tertiary/aromatic N) is 1. The van der Waals surface area contributed by atoms with Gasteiger partial charge in [-0.25, -0.2) is 4.79 Å². The van der Waals surface area contributed by atoms with Gasteiger partial charge < -0.3 is 15.0 Å². The molecule has 2 N–H and O–H groups in total. The lowest BCUT2D eigenvalue weighted by Gasteiger charge is -2.22. The van der Waals surface area contributed by atoms with Crippen LogP contribution in [0.5, 0.6) is 0 Å². The van der Waals surface area contributed by atoms with Crippen LogP contribution in [-0.4, -0.2) is 28.1 Å². The van der Waals surface area contributed by atoms with Crippen LogP contribution in [0.3, 0.4) is 0 Å². The molecule has 5 heteroatoms. The first-order chi connectivity index (χ1) is 8.35. The summed E-state index contributed by atoms with van der Waals surface area (Å²) in [5, 5.41) is 11.7. The van der Waals surface area contributed by atoms with Gasteiger partial charge in [0.2, 0.25) is 5.91 Å². The van der Waals surface area contributed by atoms with E-state index in [-0.39, 0.29) is 23.6 Å². The smallest absolute Gasteiger partial charge is 0.352 e. The maximum absolute atomic E-state index is 11.7. The average Bonchev–Trinajstić information content (AvgIpc) is 2.75. The summed E-state index contributed by atoms with van der Waals surface area (Å²) in [7, 11) is 0. The van der Waals surface area contributed by atoms with Crippen LogP contribution in [0.4, 0.5) is 0 Å². The van der Waals surface area contributed by atoms with Gasteiger partial charge in [0.25, 0.3) is 0 Å². The lowest BCUT2D eigenvalue weighted by Crippen LogP contribution is -2.35. The van der Waals surface area contributed by atoms with Crippen molar-refractivity contribution in [3.8, 4) is 0 Å². The molecule has 1 heterocycles. The van der Waals surface area contributed by atoms with E-state index in [4.69, 9.17) is 5.11 Å². The maximum atomic E-state index is 11.7. The van der Waals surface area contributed by atoms with Crippen molar-refractivity contribution >= 4 is 11.9 Å². The Kier molecular flexibility index (Phi) is 4.53. The molecule has 0 aromatic carbocycles. The molecule has 18 heavy (non-hydrogen) atoms. The first-order valence-corrected chi connectivity index (χ1v) is 6.01. The third kappa shape index (κ3) is 3.91. The van der Waals surface area contributed by atoms with Gasteiger partial charge in [-0.3, -0.25) is 4.79 Å². The summed E-state index contributed by atoms with van der Waals surface area (Å²) in [5.74, 6) is -1.20. The Balaban J connectivity index is 2.55. The minimum Gasteiger partial charge on any atom is -0.477 e. The second-order valence-corrected chi connectivity index (χ2v) is 5.12. The first kappa shape index (κ1) is 14.3. The van der Waals surface area contributed by atoms with Gasteiger partial charge in [-0.1, -0.05) is 20.8 Å². The summed E-state index contributed by atoms with van der Waals surface area (Å²) in [6.07, 6.45) is 2.56. The third-order valence-corrected chi connectivity index (χ3v) is 3.08. The minimum absolute atomic E-state index is 0.0361. The van der Waals surface area contributed by atoms with Gasteiger partial charge in [0, 0.05) is 12.7 Å². The largest absolute Gasteiger partial charge is 0.477 e. The Morgan fingerprint density at radius 3 is 2.67 bits per heavy atom. The summed E-state index contributed by atoms with van der Waals surface area (Å²) in [6.45, 7) is 6.85. The summed E-state index contributed by atoms with van der Waals surface area (Å²) >= 11 is 0. The second-order valence-electron chi connectivity index (χ2n) is 5.12. The van der Waals surface area contributed by atoms with Gasteiger partial charge in [0.05, 0.1) is 0 Å². The van der Waals surface area contributed by atoms with E-state index in [1.54, 1.807) is 12.3 Å². The van der Waals surface area contributed by atoms with Gasteiger partial charge in [0.15, 0.2) is 0 Å². The van der Waals surface area contributed by atoms with Crippen LogP contribution in [0.25, 0.3) is 0 Å². The number of carbonyl (C=O) groups is 2. The molecule has 1 aromatic heterocycles. The Morgan fingerprint density at radius 1 is 1.44 bits per heavy atom. The normalized spacial score (nSPS) is 11.3. The average molecular weight is 252 g/mol. The van der Waals surface area contributed by atoms with Crippen LogP contribution in [0.2, 0.25) is 0 Å². The third-order valence-electron chi connectivity index (χ3n) is 3.08. The standard InChI is InChI=1S/C13H20N2O3/c1-4-13(2,3)9-14-11(16)8-15-7-5-6-10(15)12(17)18/h5-7H,4,8-9H2,1-3H3,(H,14,16)(H,17,18). The fourth-order valence-electron chi connectivity index (χ4n) is 1.42. The highest BCUT2D eigenvalue weighted by molar-refractivity contribution is 5.86. The van der Waals surface area contributed by atoms with E-state index in [0.29, 0.717) is 6.54 Å². The summed E-state index contributed by atoms with van der Waals surface area (Å²) in [5.41, 5.74) is 0.182. The van der Waals surface area contributed by atoms with Crippen LogP contribution in [0.1, 0.15) is 37.7 Å². The number of carboxylic acids is 1. The lowest BCUT2D eigenvalue weighted by molar-refractivity contribution is -0.122. The number of aromatic carboxylic acids is 1. The van der Waals surface area contributed by atoms with Gasteiger partial charge in [-0.05, 0) is 24.0 Å². The number of carbonyl (C=O) groups excluding carboxylic acids is 1. The lowest BCUT2D eigenvalue weighted by atomic mass is 9.90. The predicted octanol–water partition coefficient (Wildman–Crippen LogP) is 1.74. The number of hydrogen-bond donors (Lipinski definition) is 2. The Labute approximate surface area is 107 Å². The molecule has 0 aliphatic carbocycles. The van der Waals surface area contributed by atoms with E-state index < -0.39 is 5.97 Å². The van der Waals surface area contributed by atoms with Crippen molar-refractivity contribution in [2.75, 3.05) is 6.54 Å². The van der Waals surface area contributed by atoms with Gasteiger partial charge in [-0.2, -0.15) is 0 Å². The molecule has 0 radical (unpaired) electrons. The fraction of sp³-hybridized carbons (Fsp3) is 0.538.